The zero-order valence-corrected chi connectivity index (χ0v) is 12.0. The minimum atomic E-state index is -3.65. The summed E-state index contributed by atoms with van der Waals surface area (Å²) in [6.07, 6.45) is -0.730. The number of nitrogens with zero attached hydrogens (tertiary/aromatic N) is 1. The van der Waals surface area contributed by atoms with E-state index in [9.17, 15) is 13.5 Å². The van der Waals surface area contributed by atoms with Crippen LogP contribution in [0.5, 0.6) is 0 Å². The second kappa shape index (κ2) is 5.34. The van der Waals surface area contributed by atoms with Crippen LogP contribution in [0.2, 0.25) is 0 Å². The molecule has 0 amide bonds. The maximum atomic E-state index is 12.1. The third-order valence-corrected chi connectivity index (χ3v) is 4.57. The number of aliphatic hydroxyl groups excluding tert-OH is 1. The summed E-state index contributed by atoms with van der Waals surface area (Å²) < 4.78 is 26.0. The van der Waals surface area contributed by atoms with E-state index in [4.69, 9.17) is 5.73 Å². The molecular formula is C10H15BrN2O3S. The van der Waals surface area contributed by atoms with Crippen LogP contribution in [0.3, 0.4) is 0 Å². The van der Waals surface area contributed by atoms with Crippen LogP contribution in [0, 0.1) is 0 Å². The first-order chi connectivity index (χ1) is 7.75. The van der Waals surface area contributed by atoms with Gasteiger partial charge in [-0.05, 0) is 25.1 Å². The molecule has 1 atom stereocenters. The molecule has 1 aromatic rings. The summed E-state index contributed by atoms with van der Waals surface area (Å²) in [5, 5.41) is 9.20. The molecule has 0 spiro atoms. The molecule has 0 heterocycles. The Morgan fingerprint density at radius 1 is 1.53 bits per heavy atom. The van der Waals surface area contributed by atoms with Crippen molar-refractivity contribution in [3.63, 3.8) is 0 Å². The molecule has 0 aliphatic heterocycles. The van der Waals surface area contributed by atoms with Gasteiger partial charge in [-0.3, -0.25) is 0 Å². The van der Waals surface area contributed by atoms with Crippen LogP contribution in [0.25, 0.3) is 0 Å². The Morgan fingerprint density at radius 3 is 2.59 bits per heavy atom. The Morgan fingerprint density at radius 2 is 2.12 bits per heavy atom. The third-order valence-electron chi connectivity index (χ3n) is 2.18. The van der Waals surface area contributed by atoms with Gasteiger partial charge in [0.1, 0.15) is 4.90 Å². The normalized spacial score (nSPS) is 13.9. The van der Waals surface area contributed by atoms with Gasteiger partial charge >= 0.3 is 0 Å². The number of aliphatic hydroxyl groups is 1. The summed E-state index contributed by atoms with van der Waals surface area (Å²) in [4.78, 5) is 0.0452. The Hall–Kier alpha value is -0.630. The molecule has 0 radical (unpaired) electrons. The van der Waals surface area contributed by atoms with E-state index >= 15 is 0 Å². The second-order valence-corrected chi connectivity index (χ2v) is 6.75. The highest BCUT2D eigenvalue weighted by Gasteiger charge is 2.24. The SMILES string of the molecule is CC(O)CN(C)S(=O)(=O)c1ccc(Br)cc1N. The van der Waals surface area contributed by atoms with E-state index < -0.39 is 16.1 Å². The lowest BCUT2D eigenvalue weighted by molar-refractivity contribution is 0.171. The summed E-state index contributed by atoms with van der Waals surface area (Å²) in [7, 11) is -2.25. The molecule has 3 N–H and O–H groups in total. The minimum Gasteiger partial charge on any atom is -0.398 e. The van der Waals surface area contributed by atoms with Gasteiger partial charge in [-0.2, -0.15) is 4.31 Å². The van der Waals surface area contributed by atoms with Crippen LogP contribution in [-0.4, -0.2) is 37.5 Å². The highest BCUT2D eigenvalue weighted by molar-refractivity contribution is 9.10. The fraction of sp³-hybridized carbons (Fsp3) is 0.400. The summed E-state index contributed by atoms with van der Waals surface area (Å²) in [6, 6.07) is 4.58. The average Bonchev–Trinajstić information content (AvgIpc) is 2.15. The number of benzene rings is 1. The van der Waals surface area contributed by atoms with Gasteiger partial charge in [-0.1, -0.05) is 15.9 Å². The zero-order valence-electron chi connectivity index (χ0n) is 9.59. The molecule has 96 valence electrons. The van der Waals surface area contributed by atoms with Gasteiger partial charge in [-0.15, -0.1) is 0 Å². The molecule has 0 saturated carbocycles. The van der Waals surface area contributed by atoms with Crippen LogP contribution in [0.15, 0.2) is 27.6 Å². The molecule has 0 saturated heterocycles. The number of rotatable bonds is 4. The number of nitrogens with two attached hydrogens (primary N) is 1. The number of hydrogen-bond donors (Lipinski definition) is 2. The molecule has 0 fully saturated rings. The molecule has 0 aliphatic rings. The van der Waals surface area contributed by atoms with Gasteiger partial charge in [-0.25, -0.2) is 8.42 Å². The fourth-order valence-corrected chi connectivity index (χ4v) is 3.12. The molecule has 1 unspecified atom stereocenters. The second-order valence-electron chi connectivity index (χ2n) is 3.82. The van der Waals surface area contributed by atoms with Crippen LogP contribution >= 0.6 is 15.9 Å². The monoisotopic (exact) mass is 322 g/mol. The van der Waals surface area contributed by atoms with Crippen LogP contribution in [-0.2, 0) is 10.0 Å². The van der Waals surface area contributed by atoms with Crippen molar-refractivity contribution in [3.05, 3.63) is 22.7 Å². The Bertz CT molecular complexity index is 502. The van der Waals surface area contributed by atoms with Crippen molar-refractivity contribution in [1.29, 1.82) is 0 Å². The van der Waals surface area contributed by atoms with Crippen molar-refractivity contribution in [1.82, 2.24) is 4.31 Å². The van der Waals surface area contributed by atoms with E-state index in [-0.39, 0.29) is 17.1 Å². The summed E-state index contributed by atoms with van der Waals surface area (Å²) in [6.45, 7) is 1.55. The lowest BCUT2D eigenvalue weighted by Gasteiger charge is -2.19. The summed E-state index contributed by atoms with van der Waals surface area (Å²) in [5.74, 6) is 0. The Balaban J connectivity index is 3.13. The maximum absolute atomic E-state index is 12.1. The van der Waals surface area contributed by atoms with E-state index in [1.54, 1.807) is 6.07 Å². The van der Waals surface area contributed by atoms with Gasteiger partial charge < -0.3 is 10.8 Å². The number of halogens is 1. The maximum Gasteiger partial charge on any atom is 0.244 e. The molecule has 1 aromatic carbocycles. The van der Waals surface area contributed by atoms with Crippen LogP contribution in [0.1, 0.15) is 6.92 Å². The average molecular weight is 323 g/mol. The van der Waals surface area contributed by atoms with Crippen molar-refractivity contribution in [2.75, 3.05) is 19.3 Å². The van der Waals surface area contributed by atoms with Gasteiger partial charge in [0.05, 0.1) is 11.8 Å². The highest BCUT2D eigenvalue weighted by atomic mass is 79.9. The molecule has 0 aromatic heterocycles. The van der Waals surface area contributed by atoms with Crippen LogP contribution in [0.4, 0.5) is 5.69 Å². The quantitative estimate of drug-likeness (QED) is 0.811. The fourth-order valence-electron chi connectivity index (χ4n) is 1.39. The third kappa shape index (κ3) is 3.41. The van der Waals surface area contributed by atoms with E-state index in [0.717, 1.165) is 4.31 Å². The molecule has 1 rings (SSSR count). The van der Waals surface area contributed by atoms with Crippen molar-refractivity contribution in [3.8, 4) is 0 Å². The Kier molecular flexibility index (Phi) is 4.54. The zero-order chi connectivity index (χ0) is 13.2. The molecule has 0 bridgehead atoms. The molecule has 0 aliphatic carbocycles. The van der Waals surface area contributed by atoms with Gasteiger partial charge in [0.2, 0.25) is 10.0 Å². The first kappa shape index (κ1) is 14.4. The van der Waals surface area contributed by atoms with Crippen molar-refractivity contribution in [2.24, 2.45) is 0 Å². The van der Waals surface area contributed by atoms with Gasteiger partial charge in [0, 0.05) is 18.1 Å². The topological polar surface area (TPSA) is 83.6 Å². The lowest BCUT2D eigenvalue weighted by Crippen LogP contribution is -2.33. The van der Waals surface area contributed by atoms with Gasteiger partial charge in [0.25, 0.3) is 0 Å². The van der Waals surface area contributed by atoms with Crippen LogP contribution < -0.4 is 5.73 Å². The minimum absolute atomic E-state index is 0.0256. The van der Waals surface area contributed by atoms with Crippen molar-refractivity contribution < 1.29 is 13.5 Å². The first-order valence-corrected chi connectivity index (χ1v) is 7.18. The molecule has 5 nitrogen and oxygen atoms in total. The molecule has 7 heteroatoms. The Labute approximate surface area is 109 Å². The standard InChI is InChI=1S/C10H15BrN2O3S/c1-7(14)6-13(2)17(15,16)10-4-3-8(11)5-9(10)12/h3-5,7,14H,6,12H2,1-2H3. The predicted octanol–water partition coefficient (Wildman–Crippen LogP) is 1.03. The largest absolute Gasteiger partial charge is 0.398 e. The highest BCUT2D eigenvalue weighted by Crippen LogP contribution is 2.25. The number of hydrogen-bond acceptors (Lipinski definition) is 4. The van der Waals surface area contributed by atoms with E-state index in [0.29, 0.717) is 4.47 Å². The number of likely N-dealkylation sites (N-methyl/N-ethyl adjacent to an activating group) is 1. The number of sulfonamides is 1. The van der Waals surface area contributed by atoms with Crippen molar-refractivity contribution >= 4 is 31.6 Å². The number of nitrogen functional groups attached to an aromatic ring is 1. The smallest absolute Gasteiger partial charge is 0.244 e. The number of anilines is 1. The summed E-state index contributed by atoms with van der Waals surface area (Å²) in [5.41, 5.74) is 5.86. The predicted molar refractivity (Wildman–Crippen MR) is 70.1 cm³/mol. The summed E-state index contributed by atoms with van der Waals surface area (Å²) >= 11 is 3.21. The van der Waals surface area contributed by atoms with E-state index in [1.165, 1.54) is 26.1 Å². The molecule has 17 heavy (non-hydrogen) atoms. The first-order valence-electron chi connectivity index (χ1n) is 4.94. The molecular weight excluding hydrogens is 308 g/mol. The lowest BCUT2D eigenvalue weighted by atomic mass is 10.3. The van der Waals surface area contributed by atoms with Gasteiger partial charge in [0.15, 0.2) is 0 Å². The van der Waals surface area contributed by atoms with E-state index in [2.05, 4.69) is 15.9 Å². The van der Waals surface area contributed by atoms with E-state index in [1.807, 2.05) is 0 Å². The van der Waals surface area contributed by atoms with Crippen molar-refractivity contribution in [2.45, 2.75) is 17.9 Å².